The number of nitrogens with one attached hydrogen (secondary N) is 1. The van der Waals surface area contributed by atoms with E-state index in [0.29, 0.717) is 6.42 Å². The van der Waals surface area contributed by atoms with Crippen LogP contribution in [-0.4, -0.2) is 5.91 Å². The van der Waals surface area contributed by atoms with E-state index in [1.807, 2.05) is 19.1 Å². The van der Waals surface area contributed by atoms with E-state index in [9.17, 15) is 4.79 Å². The molecular formula is C9H8NOY-. The quantitative estimate of drug-likeness (QED) is 0.674. The first kappa shape index (κ1) is 9.88. The molecule has 1 aliphatic heterocycles. The van der Waals surface area contributed by atoms with Crippen LogP contribution < -0.4 is 5.32 Å². The normalized spacial score (nSPS) is 13.2. The van der Waals surface area contributed by atoms with Gasteiger partial charge >= 0.3 is 0 Å². The molecule has 59 valence electrons. The molecule has 0 atom stereocenters. The maximum absolute atomic E-state index is 10.9. The van der Waals surface area contributed by atoms with E-state index in [-0.39, 0.29) is 38.6 Å². The van der Waals surface area contributed by atoms with Crippen molar-refractivity contribution in [2.45, 2.75) is 13.3 Å². The Balaban J connectivity index is 0.000000720. The molecule has 0 unspecified atom stereocenters. The predicted octanol–water partition coefficient (Wildman–Crippen LogP) is 1.29. The Hall–Kier alpha value is -0.206. The Kier molecular flexibility index (Phi) is 3.02. The summed E-state index contributed by atoms with van der Waals surface area (Å²) in [6, 6.07) is 6.88. The number of aryl methyl sites for hydroxylation is 1. The van der Waals surface area contributed by atoms with Crippen molar-refractivity contribution in [3.63, 3.8) is 0 Å². The number of hydrogen-bond acceptors (Lipinski definition) is 1. The van der Waals surface area contributed by atoms with Crippen LogP contribution in [-0.2, 0) is 43.9 Å². The van der Waals surface area contributed by atoms with Gasteiger partial charge in [0, 0.05) is 39.1 Å². The van der Waals surface area contributed by atoms with E-state index < -0.39 is 0 Å². The minimum atomic E-state index is 0. The molecule has 0 fully saturated rings. The second-order valence-electron chi connectivity index (χ2n) is 2.78. The molecule has 1 aromatic rings. The molecule has 3 heteroatoms. The summed E-state index contributed by atoms with van der Waals surface area (Å²) in [6.07, 6.45) is 0.506. The second-order valence-corrected chi connectivity index (χ2v) is 2.78. The Labute approximate surface area is 96.6 Å². The summed E-state index contributed by atoms with van der Waals surface area (Å²) in [5, 5.41) is 2.78. The van der Waals surface area contributed by atoms with Crippen molar-refractivity contribution < 1.29 is 37.5 Å². The Morgan fingerprint density at radius 2 is 2.33 bits per heavy atom. The van der Waals surface area contributed by atoms with E-state index in [4.69, 9.17) is 0 Å². The number of hydrogen-bond donors (Lipinski definition) is 1. The zero-order chi connectivity index (χ0) is 7.84. The molecule has 1 amide bonds. The van der Waals surface area contributed by atoms with Gasteiger partial charge in [0.25, 0.3) is 0 Å². The van der Waals surface area contributed by atoms with Crippen LogP contribution in [0.5, 0.6) is 0 Å². The number of benzene rings is 1. The van der Waals surface area contributed by atoms with E-state index in [1.165, 1.54) is 0 Å². The molecule has 0 aromatic heterocycles. The van der Waals surface area contributed by atoms with Crippen molar-refractivity contribution in [3.8, 4) is 0 Å². The first-order valence-electron chi connectivity index (χ1n) is 3.57. The zero-order valence-corrected chi connectivity index (χ0v) is 9.69. The van der Waals surface area contributed by atoms with Gasteiger partial charge in [0.05, 0.1) is 0 Å². The Bertz CT molecular complexity index is 322. The fourth-order valence-corrected chi connectivity index (χ4v) is 1.26. The van der Waals surface area contributed by atoms with Crippen LogP contribution in [0.4, 0.5) is 5.69 Å². The zero-order valence-electron chi connectivity index (χ0n) is 6.85. The standard InChI is InChI=1S/C9H8NO.Y/c1-6-2-3-7-5-9(11)10-8(7)4-6;/h3-4H,5H2,1H3,(H,10,11);/q-1;. The summed E-state index contributed by atoms with van der Waals surface area (Å²) >= 11 is 0. The number of rotatable bonds is 0. The molecule has 0 saturated heterocycles. The minimum absolute atomic E-state index is 0. The fraction of sp³-hybridized carbons (Fsp3) is 0.222. The van der Waals surface area contributed by atoms with Crippen molar-refractivity contribution in [1.29, 1.82) is 0 Å². The monoisotopic (exact) mass is 235 g/mol. The molecule has 0 spiro atoms. The van der Waals surface area contributed by atoms with Gasteiger partial charge in [-0.15, -0.1) is 11.6 Å². The number of anilines is 1. The van der Waals surface area contributed by atoms with Crippen LogP contribution in [0.2, 0.25) is 0 Å². The van der Waals surface area contributed by atoms with Crippen LogP contribution >= 0.6 is 0 Å². The molecule has 12 heavy (non-hydrogen) atoms. The van der Waals surface area contributed by atoms with E-state index in [1.54, 1.807) is 0 Å². The van der Waals surface area contributed by atoms with Crippen LogP contribution in [0.3, 0.4) is 0 Å². The van der Waals surface area contributed by atoms with Gasteiger partial charge in [-0.1, -0.05) is 12.6 Å². The SMILES string of the molecule is Cc1[c-]cc2c(c1)NC(=O)C2.[Y]. The summed E-state index contributed by atoms with van der Waals surface area (Å²) < 4.78 is 0. The summed E-state index contributed by atoms with van der Waals surface area (Å²) in [7, 11) is 0. The molecular weight excluding hydrogens is 227 g/mol. The van der Waals surface area contributed by atoms with Crippen LogP contribution in [0.1, 0.15) is 11.1 Å². The molecule has 2 rings (SSSR count). The maximum Gasteiger partial charge on any atom is 0.215 e. The molecule has 1 aliphatic rings. The minimum Gasteiger partial charge on any atom is -0.349 e. The summed E-state index contributed by atoms with van der Waals surface area (Å²) in [6.45, 7) is 1.96. The van der Waals surface area contributed by atoms with Gasteiger partial charge in [-0.05, 0) is 0 Å². The molecule has 0 aliphatic carbocycles. The van der Waals surface area contributed by atoms with Crippen molar-refractivity contribution in [1.82, 2.24) is 0 Å². The molecule has 1 N–H and O–H groups in total. The van der Waals surface area contributed by atoms with Crippen molar-refractivity contribution >= 4 is 11.6 Å². The molecule has 0 bridgehead atoms. The third kappa shape index (κ3) is 1.75. The average Bonchev–Trinajstić information content (AvgIpc) is 2.27. The van der Waals surface area contributed by atoms with Crippen LogP contribution in [0, 0.1) is 13.0 Å². The van der Waals surface area contributed by atoms with Gasteiger partial charge in [-0.25, -0.2) is 0 Å². The van der Waals surface area contributed by atoms with Gasteiger partial charge in [-0.3, -0.25) is 4.79 Å². The fourth-order valence-electron chi connectivity index (χ4n) is 1.26. The summed E-state index contributed by atoms with van der Waals surface area (Å²) in [5.41, 5.74) is 3.07. The first-order chi connectivity index (χ1) is 5.25. The summed E-state index contributed by atoms with van der Waals surface area (Å²) in [5.74, 6) is 0.0824. The smallest absolute Gasteiger partial charge is 0.215 e. The molecule has 2 nitrogen and oxygen atoms in total. The van der Waals surface area contributed by atoms with Gasteiger partial charge in [0.1, 0.15) is 0 Å². The van der Waals surface area contributed by atoms with Gasteiger partial charge < -0.3 is 5.32 Å². The van der Waals surface area contributed by atoms with Crippen molar-refractivity contribution in [2.75, 3.05) is 5.32 Å². The predicted molar refractivity (Wildman–Crippen MR) is 42.3 cm³/mol. The number of fused-ring (bicyclic) bond motifs is 1. The van der Waals surface area contributed by atoms with Crippen molar-refractivity contribution in [2.24, 2.45) is 0 Å². The topological polar surface area (TPSA) is 29.1 Å². The molecule has 0 saturated carbocycles. The number of carbonyl (C=O) groups is 1. The third-order valence-corrected chi connectivity index (χ3v) is 1.81. The van der Waals surface area contributed by atoms with Crippen LogP contribution in [0.25, 0.3) is 0 Å². The van der Waals surface area contributed by atoms with E-state index >= 15 is 0 Å². The van der Waals surface area contributed by atoms with E-state index in [2.05, 4.69) is 11.4 Å². The van der Waals surface area contributed by atoms with Gasteiger partial charge in [0.15, 0.2) is 0 Å². The number of carbonyl (C=O) groups excluding carboxylic acids is 1. The maximum atomic E-state index is 10.9. The second kappa shape index (κ2) is 3.67. The Morgan fingerprint density at radius 3 is 3.08 bits per heavy atom. The van der Waals surface area contributed by atoms with Gasteiger partial charge in [-0.2, -0.15) is 17.7 Å². The Morgan fingerprint density at radius 1 is 1.58 bits per heavy atom. The molecule has 1 aromatic carbocycles. The average molecular weight is 235 g/mol. The largest absolute Gasteiger partial charge is 0.349 e. The summed E-state index contributed by atoms with van der Waals surface area (Å²) in [4.78, 5) is 10.9. The molecule has 1 radical (unpaired) electrons. The number of amides is 1. The van der Waals surface area contributed by atoms with Crippen molar-refractivity contribution in [3.05, 3.63) is 29.3 Å². The van der Waals surface area contributed by atoms with E-state index in [0.717, 1.165) is 16.8 Å². The van der Waals surface area contributed by atoms with Crippen LogP contribution in [0.15, 0.2) is 12.1 Å². The third-order valence-electron chi connectivity index (χ3n) is 1.81. The van der Waals surface area contributed by atoms with Gasteiger partial charge in [0.2, 0.25) is 5.91 Å². The molecule has 1 heterocycles. The first-order valence-corrected chi connectivity index (χ1v) is 3.57.